The van der Waals surface area contributed by atoms with E-state index < -0.39 is 30.5 Å². The zero-order chi connectivity index (χ0) is 15.5. The minimum Gasteiger partial charge on any atom is -0.786 e. The number of nitriles is 1. The van der Waals surface area contributed by atoms with Crippen molar-refractivity contribution in [1.29, 1.82) is 5.26 Å². The molecule has 19 heavy (non-hydrogen) atoms. The van der Waals surface area contributed by atoms with E-state index in [0.29, 0.717) is 0 Å². The molecule has 0 saturated heterocycles. The Bertz CT molecular complexity index is 381. The Morgan fingerprint density at radius 2 is 1.11 bits per heavy atom. The van der Waals surface area contributed by atoms with Gasteiger partial charge < -0.3 is 25.3 Å². The molecule has 0 aliphatic carbocycles. The minimum absolute atomic E-state index is 0. The number of halogens is 1. The van der Waals surface area contributed by atoms with E-state index >= 15 is 0 Å². The van der Waals surface area contributed by atoms with Crippen molar-refractivity contribution in [3.63, 3.8) is 0 Å². The Kier molecular flexibility index (Phi) is 19.8. The van der Waals surface area contributed by atoms with Crippen molar-refractivity contribution in [2.24, 2.45) is 0 Å². The van der Waals surface area contributed by atoms with Crippen LogP contribution in [0.3, 0.4) is 0 Å². The Morgan fingerprint density at radius 3 is 1.11 bits per heavy atom. The predicted molar refractivity (Wildman–Crippen MR) is 51.5 cm³/mol. The number of hydrogen-bond acceptors (Lipinski definition) is 7. The molecule has 0 aromatic carbocycles. The van der Waals surface area contributed by atoms with Crippen LogP contribution in [0, 0.1) is 11.1 Å². The van der Waals surface area contributed by atoms with Crippen molar-refractivity contribution < 1.29 is 100 Å². The van der Waals surface area contributed by atoms with E-state index in [4.69, 9.17) is 44.9 Å². The van der Waals surface area contributed by atoms with Gasteiger partial charge in [-0.05, 0) is 0 Å². The first kappa shape index (κ1) is 27.0. The van der Waals surface area contributed by atoms with Gasteiger partial charge in [0.05, 0.1) is 0 Å². The number of carboxylic acid groups (broad SMARTS) is 4. The third-order valence-electron chi connectivity index (χ3n) is 0.485. The van der Waals surface area contributed by atoms with Gasteiger partial charge in [-0.25, -0.2) is 23.4 Å². The van der Waals surface area contributed by atoms with Crippen LogP contribution < -0.4 is 56.3 Å². The number of aliphatic carboxylic acids is 4. The van der Waals surface area contributed by atoms with Gasteiger partial charge >= 0.3 is 75.3 Å². The fourth-order valence-electron chi connectivity index (χ4n) is 0. The smallest absolute Gasteiger partial charge is 0.786 e. The Morgan fingerprint density at radius 1 is 1.00 bits per heavy atom. The van der Waals surface area contributed by atoms with Crippen LogP contribution in [-0.4, -0.2) is 44.3 Å². The van der Waals surface area contributed by atoms with E-state index in [-0.39, 0.29) is 51.4 Å². The summed E-state index contributed by atoms with van der Waals surface area (Å²) < 4.78 is 11.1. The van der Waals surface area contributed by atoms with Gasteiger partial charge in [-0.1, -0.05) is 11.8 Å². The van der Waals surface area contributed by atoms with Crippen LogP contribution in [0.5, 0.6) is 0 Å². The van der Waals surface area contributed by atoms with E-state index in [1.807, 2.05) is 0 Å². The number of rotatable bonds is 0. The second-order valence-corrected chi connectivity index (χ2v) is 4.37. The van der Waals surface area contributed by atoms with Gasteiger partial charge in [0.15, 0.2) is 0 Å². The van der Waals surface area contributed by atoms with Crippen molar-refractivity contribution in [2.45, 2.75) is 0 Å². The van der Waals surface area contributed by atoms with E-state index in [2.05, 4.69) is 11.8 Å². The molecule has 0 bridgehead atoms. The molecular weight excluding hydrogens is 339 g/mol. The second kappa shape index (κ2) is 14.0. The summed E-state index contributed by atoms with van der Waals surface area (Å²) in [5.74, 6) is -6.49. The molecule has 1 unspecified atom stereocenters. The van der Waals surface area contributed by atoms with Crippen molar-refractivity contribution in [1.82, 2.24) is 0 Å². The van der Waals surface area contributed by atoms with Crippen LogP contribution in [0.4, 0.5) is 4.20 Å². The molecule has 1 atom stereocenters. The first-order valence-electron chi connectivity index (χ1n) is 3.19. The zero-order valence-electron chi connectivity index (χ0n) is 9.01. The molecule has 0 fully saturated rings. The number of carbonyl (C=O) groups is 4. The quantitative estimate of drug-likeness (QED) is 0.188. The molecule has 0 heterocycles. The van der Waals surface area contributed by atoms with Crippen LogP contribution >= 0.6 is 6.58 Å². The molecule has 14 heteroatoms. The Balaban J connectivity index is -0.0000000865. The third kappa shape index (κ3) is 38.1. The average Bonchev–Trinajstić information content (AvgIpc) is 2.18. The topological polar surface area (TPSA) is 196 Å². The molecule has 0 radical (unpaired) electrons. The first-order valence-corrected chi connectivity index (χ1v) is 5.80. The summed E-state index contributed by atoms with van der Waals surface area (Å²) in [6, 6.07) is 0. The van der Waals surface area contributed by atoms with Gasteiger partial charge in [-0.2, -0.15) is 5.26 Å². The second-order valence-electron chi connectivity index (χ2n) is 1.80. The molecule has 0 aromatic rings. The predicted octanol–water partition coefficient (Wildman–Crippen LogP) is -4.58. The van der Waals surface area contributed by atoms with Crippen molar-refractivity contribution >= 4 is 42.3 Å². The zero-order valence-corrected chi connectivity index (χ0v) is 13.8. The van der Waals surface area contributed by atoms with E-state index in [0.717, 1.165) is 5.81 Å². The summed E-state index contributed by atoms with van der Waals surface area (Å²) in [6.45, 7) is -4.26. The first-order chi connectivity index (χ1) is 7.85. The van der Waals surface area contributed by atoms with E-state index in [1.165, 1.54) is 0 Å². The van der Waals surface area contributed by atoms with Crippen molar-refractivity contribution in [2.75, 3.05) is 0 Å². The normalized spacial score (nSPS) is 10.4. The average molecular weight is 343 g/mol. The van der Waals surface area contributed by atoms with Crippen LogP contribution in [0.25, 0.3) is 0 Å². The van der Waals surface area contributed by atoms with E-state index in [1.54, 1.807) is 0 Å². The maximum absolute atomic E-state index is 11.1. The maximum atomic E-state index is 11.1. The molecule has 102 valence electrons. The summed E-state index contributed by atoms with van der Waals surface area (Å²) in [7, 11) is 0. The van der Waals surface area contributed by atoms with Gasteiger partial charge in [0.2, 0.25) is 0 Å². The molecule has 0 rings (SSSR count). The molecule has 4 N–H and O–H groups in total. The summed E-state index contributed by atoms with van der Waals surface area (Å²) in [6.07, 6.45) is 0. The molecule has 0 saturated carbocycles. The summed E-state index contributed by atoms with van der Waals surface area (Å²) >= 11 is 3.51. The number of hydrogen-bond donors (Lipinski definition) is 4. The summed E-state index contributed by atoms with van der Waals surface area (Å²) in [5.41, 5.74) is 0. The summed E-state index contributed by atoms with van der Waals surface area (Å²) in [5, 5.41) is 37.0. The van der Waals surface area contributed by atoms with Gasteiger partial charge in [-0.3, -0.25) is 0 Å². The minimum atomic E-state index is -4.26. The fourth-order valence-corrected chi connectivity index (χ4v) is 0. The summed E-state index contributed by atoms with van der Waals surface area (Å²) in [4.78, 5) is 45.8. The molecular formula is C5H4FKNO9PS. The maximum Gasteiger partial charge on any atom is 1.00 e. The fraction of sp³-hybridized carbons (Fsp3) is 0. The largest absolute Gasteiger partial charge is 1.00 e. The van der Waals surface area contributed by atoms with E-state index in [9.17, 15) is 9.09 Å². The molecule has 0 aliphatic rings. The third-order valence-corrected chi connectivity index (χ3v) is 0.969. The van der Waals surface area contributed by atoms with Crippen molar-refractivity contribution in [3.8, 4) is 5.81 Å². The van der Waals surface area contributed by atoms with Crippen molar-refractivity contribution in [3.05, 3.63) is 0 Å². The number of carboxylic acids is 4. The Labute approximate surface area is 152 Å². The van der Waals surface area contributed by atoms with Crippen LogP contribution in [0.15, 0.2) is 0 Å². The molecule has 0 aromatic heterocycles. The Hall–Kier alpha value is -0.454. The number of nitrogens with zero attached hydrogens (tertiary/aromatic N) is 1. The standard InChI is InChI=1S/2C2H2O4.CHFNOPS.K/c2*3-1(4)2(5)6;2-5(4,6)1-3;/h2*(H,3,4)(H,5,6);(H,4,6);/q;;;+1/p-1. The van der Waals surface area contributed by atoms with Crippen LogP contribution in [0.2, 0.25) is 0 Å². The monoisotopic (exact) mass is 343 g/mol. The molecule has 0 spiro atoms. The van der Waals surface area contributed by atoms with Crippen LogP contribution in [0.1, 0.15) is 0 Å². The van der Waals surface area contributed by atoms with Gasteiger partial charge in [0, 0.05) is 0 Å². The molecule has 0 aliphatic heterocycles. The van der Waals surface area contributed by atoms with Gasteiger partial charge in [0.1, 0.15) is 12.4 Å². The molecule has 0 amide bonds. The molecule has 10 nitrogen and oxygen atoms in total. The SMILES string of the molecule is N#CP([O-])(F)=S.O=C(O)C(=O)O.O=C(O)C(=O)O.[K+]. The van der Waals surface area contributed by atoms with Crippen LogP contribution in [-0.2, 0) is 31.0 Å². The van der Waals surface area contributed by atoms with Gasteiger partial charge in [0.25, 0.3) is 0 Å². The van der Waals surface area contributed by atoms with Gasteiger partial charge in [-0.15, -0.1) is 0 Å².